The maximum absolute atomic E-state index is 13.7. The number of hydrogen-bond donors (Lipinski definition) is 1. The topological polar surface area (TPSA) is 20.2 Å². The van der Waals surface area contributed by atoms with Gasteiger partial charge in [-0.1, -0.05) is 23.7 Å². The molecule has 100 valence electrons. The highest BCUT2D eigenvalue weighted by Gasteiger charge is 2.16. The van der Waals surface area contributed by atoms with Gasteiger partial charge >= 0.3 is 0 Å². The van der Waals surface area contributed by atoms with Crippen LogP contribution in [0.4, 0.5) is 8.78 Å². The second-order valence-corrected chi connectivity index (χ2v) is 5.40. The van der Waals surface area contributed by atoms with Gasteiger partial charge in [-0.3, -0.25) is 0 Å². The van der Waals surface area contributed by atoms with Crippen molar-refractivity contribution in [3.05, 3.63) is 68.7 Å². The summed E-state index contributed by atoms with van der Waals surface area (Å²) in [7, 11) is 0. The molecule has 0 bridgehead atoms. The Morgan fingerprint density at radius 3 is 2.42 bits per heavy atom. The first-order chi connectivity index (χ1) is 8.97. The van der Waals surface area contributed by atoms with E-state index in [9.17, 15) is 13.9 Å². The Balaban J connectivity index is 2.22. The molecule has 2 aromatic carbocycles. The van der Waals surface area contributed by atoms with Crippen LogP contribution < -0.4 is 0 Å². The quantitative estimate of drug-likeness (QED) is 0.801. The van der Waals surface area contributed by atoms with E-state index in [1.165, 1.54) is 24.3 Å². The molecule has 0 amide bonds. The molecule has 0 radical (unpaired) electrons. The highest BCUT2D eigenvalue weighted by atomic mass is 79.9. The monoisotopic (exact) mass is 346 g/mol. The molecule has 0 aliphatic carbocycles. The zero-order valence-corrected chi connectivity index (χ0v) is 12.0. The first-order valence-electron chi connectivity index (χ1n) is 5.54. The summed E-state index contributed by atoms with van der Waals surface area (Å²) in [5.74, 6) is -0.887. The van der Waals surface area contributed by atoms with Gasteiger partial charge in [0.1, 0.15) is 11.6 Å². The third kappa shape index (κ3) is 3.53. The summed E-state index contributed by atoms with van der Waals surface area (Å²) >= 11 is 8.99. The van der Waals surface area contributed by atoms with Gasteiger partial charge in [0.25, 0.3) is 0 Å². The van der Waals surface area contributed by atoms with Crippen LogP contribution in [0.2, 0.25) is 5.02 Å². The number of hydrogen-bond acceptors (Lipinski definition) is 1. The maximum atomic E-state index is 13.7. The summed E-state index contributed by atoms with van der Waals surface area (Å²) in [6, 6.07) is 8.30. The Morgan fingerprint density at radius 1 is 1.16 bits per heavy atom. The molecule has 0 aliphatic heterocycles. The molecule has 0 aliphatic rings. The first-order valence-corrected chi connectivity index (χ1v) is 6.71. The minimum Gasteiger partial charge on any atom is -0.388 e. The predicted molar refractivity (Wildman–Crippen MR) is 74.2 cm³/mol. The lowest BCUT2D eigenvalue weighted by molar-refractivity contribution is 0.173. The zero-order valence-electron chi connectivity index (χ0n) is 9.71. The molecule has 0 saturated heterocycles. The zero-order chi connectivity index (χ0) is 14.0. The van der Waals surface area contributed by atoms with Crippen molar-refractivity contribution in [1.82, 2.24) is 0 Å². The highest BCUT2D eigenvalue weighted by Crippen LogP contribution is 2.30. The van der Waals surface area contributed by atoms with Crippen molar-refractivity contribution in [3.63, 3.8) is 0 Å². The van der Waals surface area contributed by atoms with Crippen LogP contribution in [0.25, 0.3) is 0 Å². The normalized spacial score (nSPS) is 12.5. The summed E-state index contributed by atoms with van der Waals surface area (Å²) in [5.41, 5.74) is 0.838. The lowest BCUT2D eigenvalue weighted by Crippen LogP contribution is -2.04. The molecule has 0 saturated carbocycles. The fraction of sp³-hybridized carbons (Fsp3) is 0.143. The van der Waals surface area contributed by atoms with E-state index >= 15 is 0 Å². The summed E-state index contributed by atoms with van der Waals surface area (Å²) < 4.78 is 26.9. The van der Waals surface area contributed by atoms with Crippen LogP contribution in [0.3, 0.4) is 0 Å². The highest BCUT2D eigenvalue weighted by molar-refractivity contribution is 9.10. The van der Waals surface area contributed by atoms with E-state index < -0.39 is 11.9 Å². The molecule has 5 heteroatoms. The minimum atomic E-state index is -1.03. The standard InChI is InChI=1S/C14H10BrClF2O/c15-11-7-13(18)10(6-12(11)16)14(19)5-8-1-3-9(17)4-2-8/h1-4,6-7,14,19H,5H2. The Hall–Kier alpha value is -0.970. The van der Waals surface area contributed by atoms with Crippen molar-refractivity contribution >= 4 is 27.5 Å². The minimum absolute atomic E-state index is 0.123. The van der Waals surface area contributed by atoms with Crippen molar-refractivity contribution in [3.8, 4) is 0 Å². The van der Waals surface area contributed by atoms with Crippen LogP contribution in [0.5, 0.6) is 0 Å². The van der Waals surface area contributed by atoms with Gasteiger partial charge in [0.2, 0.25) is 0 Å². The molecule has 2 aromatic rings. The van der Waals surface area contributed by atoms with E-state index in [4.69, 9.17) is 11.6 Å². The second kappa shape index (κ2) is 5.99. The average molecular weight is 348 g/mol. The molecule has 1 atom stereocenters. The number of aliphatic hydroxyl groups is 1. The van der Waals surface area contributed by atoms with Gasteiger partial charge in [-0.15, -0.1) is 0 Å². The summed E-state index contributed by atoms with van der Waals surface area (Å²) in [4.78, 5) is 0. The second-order valence-electron chi connectivity index (χ2n) is 4.13. The summed E-state index contributed by atoms with van der Waals surface area (Å²) in [6.07, 6.45) is -0.842. The largest absolute Gasteiger partial charge is 0.388 e. The fourth-order valence-corrected chi connectivity index (χ4v) is 2.23. The van der Waals surface area contributed by atoms with Gasteiger partial charge in [0, 0.05) is 16.5 Å². The van der Waals surface area contributed by atoms with E-state index in [1.807, 2.05) is 0 Å². The van der Waals surface area contributed by atoms with Crippen molar-refractivity contribution in [1.29, 1.82) is 0 Å². The number of halogens is 4. The number of rotatable bonds is 3. The molecular weight excluding hydrogens is 338 g/mol. The summed E-state index contributed by atoms with van der Waals surface area (Å²) in [6.45, 7) is 0. The molecule has 1 nitrogen and oxygen atoms in total. The molecule has 0 aromatic heterocycles. The van der Waals surface area contributed by atoms with Crippen molar-refractivity contribution in [2.24, 2.45) is 0 Å². The molecular formula is C14H10BrClF2O. The van der Waals surface area contributed by atoms with Crippen LogP contribution in [-0.4, -0.2) is 5.11 Å². The molecule has 1 N–H and O–H groups in total. The maximum Gasteiger partial charge on any atom is 0.130 e. The average Bonchev–Trinajstić information content (AvgIpc) is 2.36. The van der Waals surface area contributed by atoms with E-state index in [-0.39, 0.29) is 17.8 Å². The fourth-order valence-electron chi connectivity index (χ4n) is 1.75. The van der Waals surface area contributed by atoms with Gasteiger partial charge in [0.05, 0.1) is 11.1 Å². The van der Waals surface area contributed by atoms with Gasteiger partial charge in [0.15, 0.2) is 0 Å². The van der Waals surface area contributed by atoms with Crippen molar-refractivity contribution in [2.75, 3.05) is 0 Å². The molecule has 2 rings (SSSR count). The smallest absolute Gasteiger partial charge is 0.130 e. The van der Waals surface area contributed by atoms with E-state index in [0.29, 0.717) is 15.1 Å². The molecule has 19 heavy (non-hydrogen) atoms. The SMILES string of the molecule is OC(Cc1ccc(F)cc1)c1cc(Cl)c(Br)cc1F. The molecule has 0 heterocycles. The van der Waals surface area contributed by atoms with Crippen LogP contribution in [-0.2, 0) is 6.42 Å². The Labute approximate surface area is 123 Å². The predicted octanol–water partition coefficient (Wildman–Crippen LogP) is 4.66. The number of aliphatic hydroxyl groups excluding tert-OH is 1. The molecule has 1 unspecified atom stereocenters. The summed E-state index contributed by atoms with van der Waals surface area (Å²) in [5, 5.41) is 10.4. The molecule has 0 spiro atoms. The lowest BCUT2D eigenvalue weighted by atomic mass is 10.0. The Bertz CT molecular complexity index is 587. The van der Waals surface area contributed by atoms with E-state index in [1.54, 1.807) is 12.1 Å². The van der Waals surface area contributed by atoms with Crippen LogP contribution in [0, 0.1) is 11.6 Å². The van der Waals surface area contributed by atoms with Gasteiger partial charge in [-0.05, 0) is 45.8 Å². The van der Waals surface area contributed by atoms with Gasteiger partial charge in [-0.2, -0.15) is 0 Å². The molecule has 0 fully saturated rings. The van der Waals surface area contributed by atoms with Gasteiger partial charge < -0.3 is 5.11 Å². The Kier molecular flexibility index (Phi) is 4.55. The van der Waals surface area contributed by atoms with E-state index in [2.05, 4.69) is 15.9 Å². The van der Waals surface area contributed by atoms with Crippen molar-refractivity contribution in [2.45, 2.75) is 12.5 Å². The van der Waals surface area contributed by atoms with Crippen LogP contribution >= 0.6 is 27.5 Å². The number of benzene rings is 2. The van der Waals surface area contributed by atoms with Crippen LogP contribution in [0.15, 0.2) is 40.9 Å². The van der Waals surface area contributed by atoms with Crippen LogP contribution in [0.1, 0.15) is 17.2 Å². The van der Waals surface area contributed by atoms with Crippen molar-refractivity contribution < 1.29 is 13.9 Å². The van der Waals surface area contributed by atoms with E-state index in [0.717, 1.165) is 0 Å². The Morgan fingerprint density at radius 2 is 1.79 bits per heavy atom. The lowest BCUT2D eigenvalue weighted by Gasteiger charge is -2.13. The third-order valence-corrected chi connectivity index (χ3v) is 3.94. The third-order valence-electron chi connectivity index (χ3n) is 2.74. The first kappa shape index (κ1) is 14.4. The van der Waals surface area contributed by atoms with Gasteiger partial charge in [-0.25, -0.2) is 8.78 Å².